The molecule has 3 nitrogen and oxygen atoms in total. The topological polar surface area (TPSA) is 43.8 Å². The van der Waals surface area contributed by atoms with Crippen LogP contribution < -0.4 is 5.73 Å². The van der Waals surface area contributed by atoms with Crippen LogP contribution in [0.15, 0.2) is 48.8 Å². The third-order valence-electron chi connectivity index (χ3n) is 3.74. The summed E-state index contributed by atoms with van der Waals surface area (Å²) < 4.78 is 2.14. The molecule has 3 rings (SSSR count). The first-order valence-corrected chi connectivity index (χ1v) is 7.34. The predicted octanol–water partition coefficient (Wildman–Crippen LogP) is 3.22. The number of fused-ring (bicyclic) bond motifs is 1. The molecule has 3 aromatic rings. The van der Waals surface area contributed by atoms with Crippen LogP contribution >= 0.6 is 0 Å². The largest absolute Gasteiger partial charge is 0.329 e. The van der Waals surface area contributed by atoms with Gasteiger partial charge in [-0.2, -0.15) is 0 Å². The van der Waals surface area contributed by atoms with Crippen molar-refractivity contribution in [2.24, 2.45) is 5.73 Å². The Kier molecular flexibility index (Phi) is 3.76. The van der Waals surface area contributed by atoms with E-state index in [0.717, 1.165) is 24.0 Å². The van der Waals surface area contributed by atoms with Crippen LogP contribution in [0, 0.1) is 13.8 Å². The van der Waals surface area contributed by atoms with Crippen molar-refractivity contribution in [1.29, 1.82) is 0 Å². The summed E-state index contributed by atoms with van der Waals surface area (Å²) in [5.41, 5.74) is 12.4. The lowest BCUT2D eigenvalue weighted by Gasteiger charge is -2.14. The summed E-state index contributed by atoms with van der Waals surface area (Å²) in [7, 11) is 0. The molecule has 1 heterocycles. The number of aryl methyl sites for hydroxylation is 2. The van der Waals surface area contributed by atoms with Crippen molar-refractivity contribution in [3.8, 4) is 0 Å². The Morgan fingerprint density at radius 3 is 2.57 bits per heavy atom. The van der Waals surface area contributed by atoms with Crippen molar-refractivity contribution in [3.05, 3.63) is 65.5 Å². The van der Waals surface area contributed by atoms with Crippen LogP contribution in [0.4, 0.5) is 0 Å². The minimum absolute atomic E-state index is 0.0869. The predicted molar refractivity (Wildman–Crippen MR) is 87.3 cm³/mol. The maximum Gasteiger partial charge on any atom is 0.0958 e. The van der Waals surface area contributed by atoms with E-state index in [0.29, 0.717) is 0 Å². The Labute approximate surface area is 125 Å². The second-order valence-electron chi connectivity index (χ2n) is 5.85. The summed E-state index contributed by atoms with van der Waals surface area (Å²) >= 11 is 0. The molecule has 0 saturated heterocycles. The van der Waals surface area contributed by atoms with E-state index < -0.39 is 0 Å². The molecule has 2 N–H and O–H groups in total. The Bertz CT molecular complexity index is 738. The third kappa shape index (κ3) is 3.14. The minimum atomic E-state index is 0.0869. The van der Waals surface area contributed by atoms with Crippen LogP contribution in [0.2, 0.25) is 0 Å². The molecule has 108 valence electrons. The lowest BCUT2D eigenvalue weighted by atomic mass is 10.0. The van der Waals surface area contributed by atoms with E-state index in [1.54, 1.807) is 0 Å². The number of hydrogen-bond donors (Lipinski definition) is 1. The van der Waals surface area contributed by atoms with Gasteiger partial charge in [0.05, 0.1) is 17.4 Å². The number of benzene rings is 2. The lowest BCUT2D eigenvalue weighted by Crippen LogP contribution is -2.28. The zero-order chi connectivity index (χ0) is 14.8. The van der Waals surface area contributed by atoms with Gasteiger partial charge in [-0.25, -0.2) is 4.98 Å². The number of nitrogens with zero attached hydrogens (tertiary/aromatic N) is 2. The molecule has 3 heteroatoms. The summed E-state index contributed by atoms with van der Waals surface area (Å²) in [6, 6.07) is 14.9. The van der Waals surface area contributed by atoms with Crippen LogP contribution in [0.25, 0.3) is 11.0 Å². The number of aromatic nitrogens is 2. The smallest absolute Gasteiger partial charge is 0.0958 e. The van der Waals surface area contributed by atoms with Crippen LogP contribution in [0.1, 0.15) is 16.7 Å². The van der Waals surface area contributed by atoms with Gasteiger partial charge < -0.3 is 10.3 Å². The lowest BCUT2D eigenvalue weighted by molar-refractivity contribution is 0.559. The average Bonchev–Trinajstić information content (AvgIpc) is 2.81. The van der Waals surface area contributed by atoms with E-state index >= 15 is 0 Å². The quantitative estimate of drug-likeness (QED) is 0.797. The summed E-state index contributed by atoms with van der Waals surface area (Å²) in [6.45, 7) is 5.05. The molecule has 0 radical (unpaired) electrons. The maximum atomic E-state index is 6.34. The van der Waals surface area contributed by atoms with Crippen LogP contribution in [0.3, 0.4) is 0 Å². The van der Waals surface area contributed by atoms with E-state index in [9.17, 15) is 0 Å². The molecule has 0 aliphatic heterocycles. The van der Waals surface area contributed by atoms with Crippen molar-refractivity contribution in [2.75, 3.05) is 0 Å². The number of hydrogen-bond acceptors (Lipinski definition) is 2. The molecule has 21 heavy (non-hydrogen) atoms. The van der Waals surface area contributed by atoms with Crippen LogP contribution in [0.5, 0.6) is 0 Å². The Hall–Kier alpha value is -2.13. The van der Waals surface area contributed by atoms with Gasteiger partial charge in [-0.3, -0.25) is 0 Å². The van der Waals surface area contributed by atoms with E-state index in [1.165, 1.54) is 16.7 Å². The first kappa shape index (κ1) is 13.8. The highest BCUT2D eigenvalue weighted by atomic mass is 15.1. The summed E-state index contributed by atoms with van der Waals surface area (Å²) in [5.74, 6) is 0. The van der Waals surface area contributed by atoms with E-state index in [4.69, 9.17) is 5.73 Å². The van der Waals surface area contributed by atoms with Gasteiger partial charge >= 0.3 is 0 Å². The molecular formula is C18H21N3. The maximum absolute atomic E-state index is 6.34. The number of para-hydroxylation sites is 2. The monoisotopic (exact) mass is 279 g/mol. The SMILES string of the molecule is Cc1cc(C)cc(CC(N)Cn2cnc3ccccc32)c1. The molecule has 0 spiro atoms. The zero-order valence-electron chi connectivity index (χ0n) is 12.6. The van der Waals surface area contributed by atoms with Crippen LogP contribution in [-0.2, 0) is 13.0 Å². The first-order valence-electron chi connectivity index (χ1n) is 7.34. The molecule has 0 bridgehead atoms. The third-order valence-corrected chi connectivity index (χ3v) is 3.74. The fourth-order valence-corrected chi connectivity index (χ4v) is 2.96. The normalized spacial score (nSPS) is 12.7. The average molecular weight is 279 g/mol. The standard InChI is InChI=1S/C18H21N3/c1-13-7-14(2)9-15(8-13)10-16(19)11-21-12-20-17-5-3-4-6-18(17)21/h3-9,12,16H,10-11,19H2,1-2H3. The van der Waals surface area contributed by atoms with E-state index in [-0.39, 0.29) is 6.04 Å². The van der Waals surface area contributed by atoms with Gasteiger partial charge in [0.1, 0.15) is 0 Å². The molecular weight excluding hydrogens is 258 g/mol. The second-order valence-corrected chi connectivity index (χ2v) is 5.85. The Morgan fingerprint density at radius 1 is 1.10 bits per heavy atom. The fourth-order valence-electron chi connectivity index (χ4n) is 2.96. The second kappa shape index (κ2) is 5.70. The Balaban J connectivity index is 1.75. The van der Waals surface area contributed by atoms with Crippen molar-refractivity contribution in [1.82, 2.24) is 9.55 Å². The molecule has 0 fully saturated rings. The van der Waals surface area contributed by atoms with E-state index in [2.05, 4.69) is 47.7 Å². The number of nitrogens with two attached hydrogens (primary N) is 1. The molecule has 0 aliphatic carbocycles. The van der Waals surface area contributed by atoms with E-state index in [1.807, 2.05) is 24.5 Å². The van der Waals surface area contributed by atoms with Crippen molar-refractivity contribution in [3.63, 3.8) is 0 Å². The van der Waals surface area contributed by atoms with Gasteiger partial charge in [-0.1, -0.05) is 41.5 Å². The first-order chi connectivity index (χ1) is 10.1. The summed E-state index contributed by atoms with van der Waals surface area (Å²) in [5, 5.41) is 0. The van der Waals surface area contributed by atoms with Gasteiger partial charge in [0.15, 0.2) is 0 Å². The van der Waals surface area contributed by atoms with Crippen molar-refractivity contribution in [2.45, 2.75) is 32.9 Å². The summed E-state index contributed by atoms with van der Waals surface area (Å²) in [4.78, 5) is 4.41. The van der Waals surface area contributed by atoms with Crippen LogP contribution in [-0.4, -0.2) is 15.6 Å². The zero-order valence-corrected chi connectivity index (χ0v) is 12.6. The van der Waals surface area contributed by atoms with Gasteiger partial charge in [0.25, 0.3) is 0 Å². The molecule has 1 unspecified atom stereocenters. The van der Waals surface area contributed by atoms with Gasteiger partial charge in [-0.15, -0.1) is 0 Å². The molecule has 0 aliphatic rings. The van der Waals surface area contributed by atoms with Gasteiger partial charge in [0, 0.05) is 12.6 Å². The molecule has 1 atom stereocenters. The number of imidazole rings is 1. The number of rotatable bonds is 4. The molecule has 0 saturated carbocycles. The fraction of sp³-hybridized carbons (Fsp3) is 0.278. The highest BCUT2D eigenvalue weighted by Gasteiger charge is 2.08. The molecule has 0 amide bonds. The molecule has 1 aromatic heterocycles. The van der Waals surface area contributed by atoms with Crippen molar-refractivity contribution < 1.29 is 0 Å². The van der Waals surface area contributed by atoms with Gasteiger partial charge in [0.2, 0.25) is 0 Å². The minimum Gasteiger partial charge on any atom is -0.329 e. The highest BCUT2D eigenvalue weighted by Crippen LogP contribution is 2.14. The van der Waals surface area contributed by atoms with Gasteiger partial charge in [-0.05, 0) is 38.0 Å². The van der Waals surface area contributed by atoms with Crippen molar-refractivity contribution >= 4 is 11.0 Å². The summed E-state index contributed by atoms with van der Waals surface area (Å²) in [6.07, 6.45) is 2.76. The highest BCUT2D eigenvalue weighted by molar-refractivity contribution is 5.74. The Morgan fingerprint density at radius 2 is 1.81 bits per heavy atom. The molecule has 2 aromatic carbocycles.